The summed E-state index contributed by atoms with van der Waals surface area (Å²) < 4.78 is 5.30. The van der Waals surface area contributed by atoms with Crippen LogP contribution < -0.4 is 10.5 Å². The number of hydrogen-bond acceptors (Lipinski definition) is 3. The van der Waals surface area contributed by atoms with Gasteiger partial charge in [-0.3, -0.25) is 4.90 Å². The van der Waals surface area contributed by atoms with Crippen molar-refractivity contribution in [2.45, 2.75) is 50.2 Å². The summed E-state index contributed by atoms with van der Waals surface area (Å²) in [5, 5.41) is 0. The first kappa shape index (κ1) is 12.9. The Labute approximate surface area is 115 Å². The third kappa shape index (κ3) is 2.26. The van der Waals surface area contributed by atoms with E-state index in [-0.39, 0.29) is 6.04 Å². The molecule has 1 aromatic rings. The van der Waals surface area contributed by atoms with Gasteiger partial charge in [-0.1, -0.05) is 12.5 Å². The van der Waals surface area contributed by atoms with Crippen molar-refractivity contribution >= 4 is 0 Å². The Morgan fingerprint density at radius 1 is 1.26 bits per heavy atom. The van der Waals surface area contributed by atoms with E-state index < -0.39 is 0 Å². The third-order valence-electron chi connectivity index (χ3n) is 5.01. The summed E-state index contributed by atoms with van der Waals surface area (Å²) >= 11 is 0. The van der Waals surface area contributed by atoms with E-state index in [9.17, 15) is 0 Å². The van der Waals surface area contributed by atoms with Gasteiger partial charge in [0.2, 0.25) is 0 Å². The van der Waals surface area contributed by atoms with Crippen LogP contribution in [0.4, 0.5) is 0 Å². The standard InChI is InChI=1S/C16H24N2O/c1-18(12-4-3-5-12)15-9-6-11-10-13(19-2)7-8-14(11)16(15)17/h7-8,10,12,15-16H,3-6,9,17H2,1-2H3. The van der Waals surface area contributed by atoms with Gasteiger partial charge in [0.15, 0.2) is 0 Å². The number of likely N-dealkylation sites (N-methyl/N-ethyl adjacent to an activating group) is 1. The fourth-order valence-electron chi connectivity index (χ4n) is 3.46. The molecule has 2 N–H and O–H groups in total. The van der Waals surface area contributed by atoms with Gasteiger partial charge >= 0.3 is 0 Å². The molecule has 2 aliphatic carbocycles. The van der Waals surface area contributed by atoms with Crippen molar-refractivity contribution in [3.63, 3.8) is 0 Å². The Hall–Kier alpha value is -1.06. The molecule has 0 saturated heterocycles. The fraction of sp³-hybridized carbons (Fsp3) is 0.625. The Kier molecular flexibility index (Phi) is 3.50. The van der Waals surface area contributed by atoms with E-state index in [1.165, 1.54) is 30.4 Å². The van der Waals surface area contributed by atoms with Crippen LogP contribution >= 0.6 is 0 Å². The molecule has 104 valence electrons. The Morgan fingerprint density at radius 2 is 2.05 bits per heavy atom. The van der Waals surface area contributed by atoms with E-state index >= 15 is 0 Å². The van der Waals surface area contributed by atoms with Crippen molar-refractivity contribution in [3.8, 4) is 5.75 Å². The molecule has 2 atom stereocenters. The molecular formula is C16H24N2O. The van der Waals surface area contributed by atoms with Gasteiger partial charge in [0.1, 0.15) is 5.75 Å². The van der Waals surface area contributed by atoms with E-state index in [0.717, 1.165) is 24.6 Å². The van der Waals surface area contributed by atoms with Crippen molar-refractivity contribution in [1.29, 1.82) is 0 Å². The van der Waals surface area contributed by atoms with Crippen molar-refractivity contribution in [1.82, 2.24) is 4.90 Å². The van der Waals surface area contributed by atoms with Gasteiger partial charge in [0, 0.05) is 18.1 Å². The normalized spacial score (nSPS) is 26.9. The monoisotopic (exact) mass is 260 g/mol. The zero-order valence-corrected chi connectivity index (χ0v) is 11.9. The van der Waals surface area contributed by atoms with E-state index in [1.54, 1.807) is 7.11 Å². The van der Waals surface area contributed by atoms with Gasteiger partial charge in [-0.05, 0) is 56.0 Å². The SMILES string of the molecule is COc1ccc2c(c1)CCC(N(C)C1CCC1)C2N. The maximum atomic E-state index is 6.52. The molecule has 0 heterocycles. The second-order valence-electron chi connectivity index (χ2n) is 5.95. The molecular weight excluding hydrogens is 236 g/mol. The van der Waals surface area contributed by atoms with Crippen molar-refractivity contribution < 1.29 is 4.74 Å². The zero-order chi connectivity index (χ0) is 13.4. The van der Waals surface area contributed by atoms with Crippen LogP contribution in [-0.2, 0) is 6.42 Å². The highest BCUT2D eigenvalue weighted by molar-refractivity contribution is 5.40. The number of nitrogens with two attached hydrogens (primary N) is 1. The average Bonchev–Trinajstić information content (AvgIpc) is 2.36. The molecule has 0 aromatic heterocycles. The van der Waals surface area contributed by atoms with Crippen LogP contribution in [0.5, 0.6) is 5.75 Å². The van der Waals surface area contributed by atoms with Gasteiger partial charge < -0.3 is 10.5 Å². The first-order valence-corrected chi connectivity index (χ1v) is 7.35. The van der Waals surface area contributed by atoms with E-state index in [2.05, 4.69) is 24.1 Å². The number of fused-ring (bicyclic) bond motifs is 1. The molecule has 1 fully saturated rings. The molecule has 3 rings (SSSR count). The smallest absolute Gasteiger partial charge is 0.119 e. The molecule has 2 aliphatic rings. The molecule has 0 bridgehead atoms. The average molecular weight is 260 g/mol. The molecule has 0 spiro atoms. The second kappa shape index (κ2) is 5.14. The summed E-state index contributed by atoms with van der Waals surface area (Å²) in [7, 11) is 3.97. The number of methoxy groups -OCH3 is 1. The number of benzene rings is 1. The first-order chi connectivity index (χ1) is 9.20. The largest absolute Gasteiger partial charge is 0.497 e. The van der Waals surface area contributed by atoms with Crippen LogP contribution in [0.15, 0.2) is 18.2 Å². The lowest BCUT2D eigenvalue weighted by atomic mass is 9.81. The van der Waals surface area contributed by atoms with Gasteiger partial charge in [-0.25, -0.2) is 0 Å². The summed E-state index contributed by atoms with van der Waals surface area (Å²) in [6.45, 7) is 0. The number of rotatable bonds is 3. The van der Waals surface area contributed by atoms with Gasteiger partial charge in [-0.15, -0.1) is 0 Å². The van der Waals surface area contributed by atoms with Gasteiger partial charge in [-0.2, -0.15) is 0 Å². The maximum Gasteiger partial charge on any atom is 0.119 e. The van der Waals surface area contributed by atoms with Crippen molar-refractivity contribution in [3.05, 3.63) is 29.3 Å². The minimum atomic E-state index is 0.139. The first-order valence-electron chi connectivity index (χ1n) is 7.35. The lowest BCUT2D eigenvalue weighted by molar-refractivity contribution is 0.0860. The summed E-state index contributed by atoms with van der Waals surface area (Å²) in [6, 6.07) is 7.72. The minimum Gasteiger partial charge on any atom is -0.497 e. The molecule has 1 aromatic carbocycles. The lowest BCUT2D eigenvalue weighted by Gasteiger charge is -2.44. The summed E-state index contributed by atoms with van der Waals surface area (Å²) in [5.41, 5.74) is 9.19. The molecule has 3 nitrogen and oxygen atoms in total. The summed E-state index contributed by atoms with van der Waals surface area (Å²) in [5.74, 6) is 0.941. The molecule has 0 amide bonds. The van der Waals surface area contributed by atoms with E-state index in [4.69, 9.17) is 10.5 Å². The molecule has 2 unspecified atom stereocenters. The van der Waals surface area contributed by atoms with E-state index in [1.807, 2.05) is 6.07 Å². The van der Waals surface area contributed by atoms with Crippen molar-refractivity contribution in [2.75, 3.05) is 14.2 Å². The molecule has 1 saturated carbocycles. The summed E-state index contributed by atoms with van der Waals surface area (Å²) in [4.78, 5) is 2.53. The highest BCUT2D eigenvalue weighted by Gasteiger charge is 2.34. The molecule has 19 heavy (non-hydrogen) atoms. The Bertz CT molecular complexity index is 456. The number of nitrogens with zero attached hydrogens (tertiary/aromatic N) is 1. The van der Waals surface area contributed by atoms with Crippen LogP contribution in [-0.4, -0.2) is 31.1 Å². The van der Waals surface area contributed by atoms with Crippen LogP contribution in [0.2, 0.25) is 0 Å². The van der Waals surface area contributed by atoms with Crippen LogP contribution in [0.25, 0.3) is 0 Å². The highest BCUT2D eigenvalue weighted by atomic mass is 16.5. The Balaban J connectivity index is 1.81. The zero-order valence-electron chi connectivity index (χ0n) is 11.9. The predicted molar refractivity (Wildman–Crippen MR) is 77.4 cm³/mol. The van der Waals surface area contributed by atoms with E-state index in [0.29, 0.717) is 6.04 Å². The maximum absolute atomic E-state index is 6.52. The van der Waals surface area contributed by atoms with Crippen molar-refractivity contribution in [2.24, 2.45) is 5.73 Å². The number of ether oxygens (including phenoxy) is 1. The molecule has 0 radical (unpaired) electrons. The lowest BCUT2D eigenvalue weighted by Crippen LogP contribution is -2.50. The van der Waals surface area contributed by atoms with Crippen LogP contribution in [0.1, 0.15) is 42.9 Å². The molecule has 3 heteroatoms. The molecule has 0 aliphatic heterocycles. The predicted octanol–water partition coefficient (Wildman–Crippen LogP) is 2.49. The fourth-order valence-corrected chi connectivity index (χ4v) is 3.46. The topological polar surface area (TPSA) is 38.5 Å². The minimum absolute atomic E-state index is 0.139. The van der Waals surface area contributed by atoms with Gasteiger partial charge in [0.05, 0.1) is 7.11 Å². The van der Waals surface area contributed by atoms with Gasteiger partial charge in [0.25, 0.3) is 0 Å². The number of aryl methyl sites for hydroxylation is 1. The third-order valence-corrected chi connectivity index (χ3v) is 5.01. The summed E-state index contributed by atoms with van der Waals surface area (Å²) in [6.07, 6.45) is 6.34. The highest BCUT2D eigenvalue weighted by Crippen LogP contribution is 2.36. The quantitative estimate of drug-likeness (QED) is 0.907. The van der Waals surface area contributed by atoms with Crippen LogP contribution in [0.3, 0.4) is 0 Å². The number of hydrogen-bond donors (Lipinski definition) is 1. The Morgan fingerprint density at radius 3 is 2.68 bits per heavy atom. The second-order valence-corrected chi connectivity index (χ2v) is 5.95. The van der Waals surface area contributed by atoms with Crippen LogP contribution in [0, 0.1) is 0 Å².